The first-order valence-electron chi connectivity index (χ1n) is 7.34. The molecule has 1 aromatic carbocycles. The molecule has 3 rings (SSSR count). The monoisotopic (exact) mass is 354 g/mol. The average molecular weight is 355 g/mol. The third-order valence-corrected chi connectivity index (χ3v) is 4.32. The normalized spacial score (nSPS) is 19.3. The van der Waals surface area contributed by atoms with Crippen molar-refractivity contribution >= 4 is 29.5 Å². The zero-order valence-corrected chi connectivity index (χ0v) is 13.6. The lowest BCUT2D eigenvalue weighted by Crippen LogP contribution is -2.36. The Kier molecular flexibility index (Phi) is 4.23. The third kappa shape index (κ3) is 2.73. The summed E-state index contributed by atoms with van der Waals surface area (Å²) in [6.07, 6.45) is -0.455. The summed E-state index contributed by atoms with van der Waals surface area (Å²) in [7, 11) is 0. The van der Waals surface area contributed by atoms with Crippen LogP contribution in [0.5, 0.6) is 11.5 Å². The van der Waals surface area contributed by atoms with Crippen LogP contribution in [0, 0.1) is 0 Å². The number of fused-ring (bicyclic) bond motifs is 1. The molecule has 2 aliphatic heterocycles. The maximum atomic E-state index is 12.4. The van der Waals surface area contributed by atoms with Crippen LogP contribution in [0.15, 0.2) is 12.1 Å². The van der Waals surface area contributed by atoms with E-state index in [2.05, 4.69) is 0 Å². The molecule has 24 heavy (non-hydrogen) atoms. The van der Waals surface area contributed by atoms with Gasteiger partial charge in [0.2, 0.25) is 6.79 Å². The van der Waals surface area contributed by atoms with E-state index < -0.39 is 30.4 Å². The van der Waals surface area contributed by atoms with Gasteiger partial charge in [-0.05, 0) is 18.6 Å². The van der Waals surface area contributed by atoms with E-state index in [4.69, 9.17) is 26.2 Å². The highest BCUT2D eigenvalue weighted by atomic mass is 35.5. The molecular weight excluding hydrogens is 340 g/mol. The van der Waals surface area contributed by atoms with E-state index >= 15 is 0 Å². The molecule has 2 heterocycles. The highest BCUT2D eigenvalue weighted by molar-refractivity contribution is 6.31. The van der Waals surface area contributed by atoms with Crippen LogP contribution in [-0.4, -0.2) is 52.2 Å². The van der Waals surface area contributed by atoms with Gasteiger partial charge in [0.25, 0.3) is 5.91 Å². The maximum Gasteiger partial charge on any atom is 0.327 e. The van der Waals surface area contributed by atoms with Crippen LogP contribution in [0.2, 0.25) is 5.02 Å². The topological polar surface area (TPSA) is 96.4 Å². The number of ether oxygens (including phenoxy) is 2. The fourth-order valence-electron chi connectivity index (χ4n) is 2.79. The number of imide groups is 1. The second kappa shape index (κ2) is 6.20. The van der Waals surface area contributed by atoms with Crippen molar-refractivity contribution in [2.24, 2.45) is 0 Å². The molecule has 0 aliphatic carbocycles. The summed E-state index contributed by atoms with van der Waals surface area (Å²) < 4.78 is 10.5. The van der Waals surface area contributed by atoms with Crippen molar-refractivity contribution in [2.75, 3.05) is 13.3 Å². The van der Waals surface area contributed by atoms with Crippen molar-refractivity contribution in [3.63, 3.8) is 0 Å². The molecule has 3 amide bonds. The van der Waals surface area contributed by atoms with E-state index in [0.29, 0.717) is 22.1 Å². The lowest BCUT2D eigenvalue weighted by molar-refractivity contribution is -0.141. The van der Waals surface area contributed by atoms with Crippen LogP contribution in [0.25, 0.3) is 0 Å². The number of nitrogens with zero attached hydrogens (tertiary/aromatic N) is 2. The molecule has 0 aromatic heterocycles. The predicted octanol–water partition coefficient (Wildman–Crippen LogP) is 1.70. The van der Waals surface area contributed by atoms with Gasteiger partial charge < -0.3 is 19.5 Å². The van der Waals surface area contributed by atoms with Crippen molar-refractivity contribution in [2.45, 2.75) is 25.9 Å². The highest BCUT2D eigenvalue weighted by Gasteiger charge is 2.45. The molecule has 0 radical (unpaired) electrons. The van der Waals surface area contributed by atoms with E-state index in [1.165, 1.54) is 4.90 Å². The number of hydrogen-bond donors (Lipinski definition) is 1. The number of urea groups is 1. The summed E-state index contributed by atoms with van der Waals surface area (Å²) in [4.78, 5) is 38.0. The molecule has 1 aromatic rings. The first kappa shape index (κ1) is 16.4. The molecule has 9 heteroatoms. The van der Waals surface area contributed by atoms with Crippen molar-refractivity contribution in [3.05, 3.63) is 22.7 Å². The molecule has 0 saturated carbocycles. The molecule has 1 atom stereocenters. The minimum absolute atomic E-state index is 0.00843. The minimum Gasteiger partial charge on any atom is -0.481 e. The Morgan fingerprint density at radius 2 is 2.00 bits per heavy atom. The first-order chi connectivity index (χ1) is 11.4. The standard InChI is InChI=1S/C15H15ClN2O6/c1-2-17-14(21)10(5-13(19)20)18(15(17)22)6-8-3-11-12(4-9(8)16)24-7-23-11/h3-4,10H,2,5-7H2,1H3,(H,19,20)/t10-/m0/s1. The quantitative estimate of drug-likeness (QED) is 0.808. The van der Waals surface area contributed by atoms with Crippen LogP contribution < -0.4 is 9.47 Å². The summed E-state index contributed by atoms with van der Waals surface area (Å²) >= 11 is 6.21. The summed E-state index contributed by atoms with van der Waals surface area (Å²) in [5.41, 5.74) is 0.551. The Morgan fingerprint density at radius 3 is 2.62 bits per heavy atom. The number of carboxylic acids is 1. The lowest BCUT2D eigenvalue weighted by atomic mass is 10.1. The van der Waals surface area contributed by atoms with E-state index in [9.17, 15) is 14.4 Å². The van der Waals surface area contributed by atoms with Gasteiger partial charge in [-0.2, -0.15) is 0 Å². The van der Waals surface area contributed by atoms with Crippen molar-refractivity contribution < 1.29 is 29.0 Å². The number of rotatable bonds is 5. The number of halogens is 1. The number of carboxylic acid groups (broad SMARTS) is 1. The zero-order chi connectivity index (χ0) is 17.4. The molecule has 2 aliphatic rings. The summed E-state index contributed by atoms with van der Waals surface area (Å²) in [6.45, 7) is 1.93. The number of amides is 3. The molecule has 128 valence electrons. The fraction of sp³-hybridized carbons (Fsp3) is 0.400. The molecule has 0 unspecified atom stereocenters. The highest BCUT2D eigenvalue weighted by Crippen LogP contribution is 2.38. The minimum atomic E-state index is -1.15. The molecule has 0 spiro atoms. The summed E-state index contributed by atoms with van der Waals surface area (Å²) in [6, 6.07) is 1.64. The smallest absolute Gasteiger partial charge is 0.327 e. The Hall–Kier alpha value is -2.48. The van der Waals surface area contributed by atoms with Crippen molar-refractivity contribution in [1.29, 1.82) is 0 Å². The van der Waals surface area contributed by atoms with Crippen molar-refractivity contribution in [3.8, 4) is 11.5 Å². The van der Waals surface area contributed by atoms with Gasteiger partial charge in [-0.25, -0.2) is 4.79 Å². The van der Waals surface area contributed by atoms with Gasteiger partial charge in [0, 0.05) is 24.2 Å². The summed E-state index contributed by atoms with van der Waals surface area (Å²) in [5.74, 6) is -0.665. The molecular formula is C15H15ClN2O6. The van der Waals surface area contributed by atoms with Gasteiger partial charge in [0.05, 0.1) is 6.42 Å². The van der Waals surface area contributed by atoms with Crippen molar-refractivity contribution in [1.82, 2.24) is 9.80 Å². The number of likely N-dealkylation sites (N-methyl/N-ethyl adjacent to an activating group) is 1. The predicted molar refractivity (Wildman–Crippen MR) is 81.9 cm³/mol. The van der Waals surface area contributed by atoms with E-state index in [1.807, 2.05) is 0 Å². The maximum absolute atomic E-state index is 12.4. The van der Waals surface area contributed by atoms with Crippen LogP contribution >= 0.6 is 11.6 Å². The zero-order valence-electron chi connectivity index (χ0n) is 12.8. The van der Waals surface area contributed by atoms with Crippen LogP contribution in [-0.2, 0) is 16.1 Å². The van der Waals surface area contributed by atoms with Gasteiger partial charge in [-0.3, -0.25) is 14.5 Å². The van der Waals surface area contributed by atoms with Crippen LogP contribution in [0.4, 0.5) is 4.79 Å². The summed E-state index contributed by atoms with van der Waals surface area (Å²) in [5, 5.41) is 9.38. The Labute approximate surface area is 142 Å². The Morgan fingerprint density at radius 1 is 1.33 bits per heavy atom. The Bertz CT molecular complexity index is 722. The van der Waals surface area contributed by atoms with E-state index in [1.54, 1.807) is 19.1 Å². The van der Waals surface area contributed by atoms with Gasteiger partial charge in [0.15, 0.2) is 11.5 Å². The number of aliphatic carboxylic acids is 1. The van der Waals surface area contributed by atoms with Gasteiger partial charge >= 0.3 is 12.0 Å². The van der Waals surface area contributed by atoms with Crippen LogP contribution in [0.1, 0.15) is 18.9 Å². The van der Waals surface area contributed by atoms with E-state index in [-0.39, 0.29) is 19.9 Å². The number of benzene rings is 1. The SMILES string of the molecule is CCN1C(=O)[C@H](CC(=O)O)N(Cc2cc3c(cc2Cl)OCO3)C1=O. The van der Waals surface area contributed by atoms with E-state index in [0.717, 1.165) is 4.90 Å². The Balaban J connectivity index is 1.90. The fourth-order valence-corrected chi connectivity index (χ4v) is 3.01. The largest absolute Gasteiger partial charge is 0.481 e. The molecule has 1 N–H and O–H groups in total. The van der Waals surface area contributed by atoms with Crippen LogP contribution in [0.3, 0.4) is 0 Å². The lowest BCUT2D eigenvalue weighted by Gasteiger charge is -2.21. The first-order valence-corrected chi connectivity index (χ1v) is 7.72. The molecule has 0 bridgehead atoms. The molecule has 8 nitrogen and oxygen atoms in total. The second-order valence-corrected chi connectivity index (χ2v) is 5.81. The number of hydrogen-bond acceptors (Lipinski definition) is 5. The van der Waals surface area contributed by atoms with Gasteiger partial charge in [-0.1, -0.05) is 11.6 Å². The average Bonchev–Trinajstić information content (AvgIpc) is 3.05. The third-order valence-electron chi connectivity index (χ3n) is 3.97. The molecule has 1 fully saturated rings. The number of carbonyl (C=O) groups is 3. The van der Waals surface area contributed by atoms with Gasteiger partial charge in [0.1, 0.15) is 6.04 Å². The van der Waals surface area contributed by atoms with Gasteiger partial charge in [-0.15, -0.1) is 0 Å². The number of carbonyl (C=O) groups excluding carboxylic acids is 2. The second-order valence-electron chi connectivity index (χ2n) is 5.40. The molecule has 1 saturated heterocycles.